The lowest BCUT2D eigenvalue weighted by atomic mass is 9.96. The highest BCUT2D eigenvalue weighted by molar-refractivity contribution is 5.25. The van der Waals surface area contributed by atoms with Crippen LogP contribution in [0.4, 0.5) is 4.39 Å². The van der Waals surface area contributed by atoms with Crippen LogP contribution in [-0.2, 0) is 11.3 Å². The number of aromatic nitrogens is 2. The van der Waals surface area contributed by atoms with E-state index in [0.29, 0.717) is 12.5 Å². The minimum atomic E-state index is -0.573. The van der Waals surface area contributed by atoms with Gasteiger partial charge >= 0.3 is 0 Å². The van der Waals surface area contributed by atoms with Crippen molar-refractivity contribution in [2.75, 3.05) is 13.2 Å². The van der Waals surface area contributed by atoms with E-state index in [4.69, 9.17) is 10.00 Å². The summed E-state index contributed by atoms with van der Waals surface area (Å²) >= 11 is 0. The van der Waals surface area contributed by atoms with E-state index in [1.54, 1.807) is 12.3 Å². The topological polar surface area (TPSA) is 70.8 Å². The van der Waals surface area contributed by atoms with Gasteiger partial charge in [0.15, 0.2) is 11.5 Å². The molecule has 1 N–H and O–H groups in total. The maximum Gasteiger partial charge on any atom is 0.176 e. The molecule has 1 fully saturated rings. The van der Waals surface area contributed by atoms with Gasteiger partial charge in [-0.3, -0.25) is 4.98 Å². The Morgan fingerprint density at radius 3 is 2.79 bits per heavy atom. The van der Waals surface area contributed by atoms with E-state index in [9.17, 15) is 4.39 Å². The minimum Gasteiger partial charge on any atom is -0.375 e. The van der Waals surface area contributed by atoms with Gasteiger partial charge in [0.1, 0.15) is 6.07 Å². The molecule has 6 heteroatoms. The van der Waals surface area contributed by atoms with Crippen molar-refractivity contribution in [3.8, 4) is 6.07 Å². The molecular formula is C23H29FN4O. The summed E-state index contributed by atoms with van der Waals surface area (Å²) in [5.41, 5.74) is 1.69. The van der Waals surface area contributed by atoms with Crippen molar-refractivity contribution in [1.82, 2.24) is 15.3 Å². The molecule has 1 aliphatic rings. The Labute approximate surface area is 172 Å². The van der Waals surface area contributed by atoms with Crippen molar-refractivity contribution in [3.05, 3.63) is 59.4 Å². The summed E-state index contributed by atoms with van der Waals surface area (Å²) in [7, 11) is 0. The molecule has 1 aliphatic carbocycles. The molecule has 29 heavy (non-hydrogen) atoms. The molecule has 0 spiro atoms. The smallest absolute Gasteiger partial charge is 0.176 e. The van der Waals surface area contributed by atoms with Crippen LogP contribution in [0.15, 0.2) is 36.7 Å². The minimum absolute atomic E-state index is 0.0412. The zero-order valence-electron chi connectivity index (χ0n) is 17.0. The van der Waals surface area contributed by atoms with E-state index in [1.165, 1.54) is 18.9 Å². The van der Waals surface area contributed by atoms with Crippen LogP contribution >= 0.6 is 0 Å². The fourth-order valence-electron chi connectivity index (χ4n) is 3.94. The molecule has 0 amide bonds. The molecule has 0 aliphatic heterocycles. The van der Waals surface area contributed by atoms with E-state index in [1.807, 2.05) is 18.3 Å². The Hall–Kier alpha value is -2.36. The van der Waals surface area contributed by atoms with Crippen LogP contribution in [0.5, 0.6) is 0 Å². The third-order valence-electron chi connectivity index (χ3n) is 5.69. The van der Waals surface area contributed by atoms with Gasteiger partial charge in [0.2, 0.25) is 0 Å². The molecule has 0 bridgehead atoms. The Balaban J connectivity index is 1.49. The quantitative estimate of drug-likeness (QED) is 0.599. The maximum absolute atomic E-state index is 13.7. The summed E-state index contributed by atoms with van der Waals surface area (Å²) in [6.07, 6.45) is 10.0. The molecule has 3 rings (SSSR count). The Morgan fingerprint density at radius 1 is 1.28 bits per heavy atom. The van der Waals surface area contributed by atoms with Crippen LogP contribution in [-0.4, -0.2) is 28.7 Å². The van der Waals surface area contributed by atoms with E-state index in [-0.39, 0.29) is 11.3 Å². The van der Waals surface area contributed by atoms with Gasteiger partial charge in [-0.15, -0.1) is 0 Å². The number of hydrogen-bond donors (Lipinski definition) is 1. The summed E-state index contributed by atoms with van der Waals surface area (Å²) in [6, 6.07) is 9.13. The molecule has 154 valence electrons. The largest absolute Gasteiger partial charge is 0.375 e. The first-order chi connectivity index (χ1) is 14.1. The third kappa shape index (κ3) is 6.31. The van der Waals surface area contributed by atoms with Gasteiger partial charge < -0.3 is 10.1 Å². The highest BCUT2D eigenvalue weighted by Gasteiger charge is 2.29. The lowest BCUT2D eigenvalue weighted by Crippen LogP contribution is -2.26. The molecule has 0 radical (unpaired) electrons. The van der Waals surface area contributed by atoms with E-state index in [0.717, 1.165) is 50.1 Å². The SMILES string of the molecule is CC1(OCC[C@@H](CCNCc2cnc(C#N)c(F)c2)c2ccccn2)CCCC1. The average Bonchev–Trinajstić information content (AvgIpc) is 3.17. The zero-order chi connectivity index (χ0) is 20.5. The van der Waals surface area contributed by atoms with Crippen molar-refractivity contribution in [3.63, 3.8) is 0 Å². The maximum atomic E-state index is 13.7. The number of rotatable bonds is 10. The number of hydrogen-bond acceptors (Lipinski definition) is 5. The predicted octanol–water partition coefficient (Wildman–Crippen LogP) is 4.49. The number of nitriles is 1. The summed E-state index contributed by atoms with van der Waals surface area (Å²) in [6.45, 7) is 4.25. The second kappa shape index (κ2) is 10.4. The number of pyridine rings is 2. The predicted molar refractivity (Wildman–Crippen MR) is 110 cm³/mol. The van der Waals surface area contributed by atoms with Crippen molar-refractivity contribution in [2.45, 2.75) is 63.5 Å². The standard InChI is InChI=1S/C23H29FN4O/c1-23(9-3-4-10-23)29-13-8-19(21-6-2-5-11-27-21)7-12-26-16-18-14-20(24)22(15-25)28-17-18/h2,5-6,11,14,17,19,26H,3-4,7-10,12-13,16H2,1H3/t19-/m1/s1. The fourth-order valence-corrected chi connectivity index (χ4v) is 3.94. The van der Waals surface area contributed by atoms with Gasteiger partial charge in [-0.25, -0.2) is 9.37 Å². The molecule has 2 heterocycles. The summed E-state index contributed by atoms with van der Waals surface area (Å²) in [5, 5.41) is 12.1. The number of nitrogens with one attached hydrogen (secondary N) is 1. The zero-order valence-corrected chi connectivity index (χ0v) is 17.0. The molecule has 1 atom stereocenters. The van der Waals surface area contributed by atoms with Crippen LogP contribution in [0.1, 0.15) is 68.3 Å². The number of nitrogens with zero attached hydrogens (tertiary/aromatic N) is 3. The third-order valence-corrected chi connectivity index (χ3v) is 5.69. The highest BCUT2D eigenvalue weighted by atomic mass is 19.1. The van der Waals surface area contributed by atoms with Crippen molar-refractivity contribution in [1.29, 1.82) is 5.26 Å². The lowest BCUT2D eigenvalue weighted by molar-refractivity contribution is -0.0294. The second-order valence-corrected chi connectivity index (χ2v) is 8.00. The summed E-state index contributed by atoms with van der Waals surface area (Å²) < 4.78 is 19.9. The Kier molecular flexibility index (Phi) is 7.68. The molecule has 1 saturated carbocycles. The second-order valence-electron chi connectivity index (χ2n) is 8.00. The van der Waals surface area contributed by atoms with Crippen LogP contribution in [0, 0.1) is 17.1 Å². The van der Waals surface area contributed by atoms with E-state index in [2.05, 4.69) is 28.3 Å². The lowest BCUT2D eigenvalue weighted by Gasteiger charge is -2.26. The van der Waals surface area contributed by atoms with Gasteiger partial charge in [0.25, 0.3) is 0 Å². The Morgan fingerprint density at radius 2 is 2.10 bits per heavy atom. The molecule has 0 aromatic carbocycles. The molecule has 5 nitrogen and oxygen atoms in total. The molecular weight excluding hydrogens is 367 g/mol. The molecule has 2 aromatic rings. The van der Waals surface area contributed by atoms with Crippen LogP contribution in [0.3, 0.4) is 0 Å². The van der Waals surface area contributed by atoms with E-state index >= 15 is 0 Å². The van der Waals surface area contributed by atoms with Gasteiger partial charge in [-0.05, 0) is 62.9 Å². The van der Waals surface area contributed by atoms with Crippen molar-refractivity contribution >= 4 is 0 Å². The van der Waals surface area contributed by atoms with E-state index < -0.39 is 5.82 Å². The average molecular weight is 397 g/mol. The fraction of sp³-hybridized carbons (Fsp3) is 0.522. The first kappa shape index (κ1) is 21.4. The molecule has 0 unspecified atom stereocenters. The highest BCUT2D eigenvalue weighted by Crippen LogP contribution is 2.33. The first-order valence-corrected chi connectivity index (χ1v) is 10.4. The normalized spacial score (nSPS) is 16.4. The molecule has 0 saturated heterocycles. The van der Waals surface area contributed by atoms with Gasteiger partial charge in [-0.1, -0.05) is 18.9 Å². The van der Waals surface area contributed by atoms with Crippen molar-refractivity contribution < 1.29 is 9.13 Å². The van der Waals surface area contributed by atoms with Gasteiger partial charge in [0.05, 0.1) is 5.60 Å². The van der Waals surface area contributed by atoms with Gasteiger partial charge in [-0.2, -0.15) is 5.26 Å². The number of halogens is 1. The monoisotopic (exact) mass is 396 g/mol. The van der Waals surface area contributed by atoms with Crippen LogP contribution < -0.4 is 5.32 Å². The van der Waals surface area contributed by atoms with Crippen LogP contribution in [0.2, 0.25) is 0 Å². The first-order valence-electron chi connectivity index (χ1n) is 10.4. The molecule has 2 aromatic heterocycles. The van der Waals surface area contributed by atoms with Crippen LogP contribution in [0.25, 0.3) is 0 Å². The Bertz CT molecular complexity index is 815. The van der Waals surface area contributed by atoms with Crippen molar-refractivity contribution in [2.24, 2.45) is 0 Å². The number of ether oxygens (including phenoxy) is 1. The van der Waals surface area contributed by atoms with Gasteiger partial charge in [0, 0.05) is 37.2 Å². The summed E-state index contributed by atoms with van der Waals surface area (Å²) in [5.74, 6) is -0.264. The summed E-state index contributed by atoms with van der Waals surface area (Å²) in [4.78, 5) is 8.38.